The van der Waals surface area contributed by atoms with Crippen molar-refractivity contribution in [1.29, 1.82) is 0 Å². The first-order chi connectivity index (χ1) is 12.6. The third-order valence-electron chi connectivity index (χ3n) is 3.93. The van der Waals surface area contributed by atoms with Crippen molar-refractivity contribution < 1.29 is 9.18 Å². The number of carbonyl (C=O) groups excluding carboxylic acids is 1. The van der Waals surface area contributed by atoms with Crippen molar-refractivity contribution in [2.75, 3.05) is 6.54 Å². The molecular weight excluding hydrogens is 333 g/mol. The Morgan fingerprint density at radius 2 is 1.81 bits per heavy atom. The molecule has 6 heteroatoms. The van der Waals surface area contributed by atoms with Crippen LogP contribution in [0.3, 0.4) is 0 Å². The minimum absolute atomic E-state index is 0.0350. The minimum atomic E-state index is -0.403. The largest absolute Gasteiger partial charge is 0.354 e. The van der Waals surface area contributed by atoms with Gasteiger partial charge >= 0.3 is 0 Å². The third-order valence-corrected chi connectivity index (χ3v) is 3.93. The topological polar surface area (TPSA) is 64.0 Å². The van der Waals surface area contributed by atoms with Crippen LogP contribution >= 0.6 is 0 Å². The quantitative estimate of drug-likeness (QED) is 0.742. The van der Waals surface area contributed by atoms with E-state index in [-0.39, 0.29) is 24.4 Å². The molecule has 1 amide bonds. The van der Waals surface area contributed by atoms with E-state index in [9.17, 15) is 14.0 Å². The Morgan fingerprint density at radius 1 is 1.08 bits per heavy atom. The number of nitrogens with one attached hydrogen (secondary N) is 1. The first kappa shape index (κ1) is 17.5. The molecule has 0 bridgehead atoms. The molecule has 26 heavy (non-hydrogen) atoms. The molecule has 132 valence electrons. The maximum absolute atomic E-state index is 13.5. The van der Waals surface area contributed by atoms with Crippen LogP contribution in [-0.2, 0) is 17.8 Å². The molecule has 0 saturated heterocycles. The molecule has 0 aliphatic rings. The van der Waals surface area contributed by atoms with Crippen LogP contribution in [0.4, 0.5) is 4.39 Å². The monoisotopic (exact) mass is 351 g/mol. The molecule has 0 atom stereocenters. The molecular formula is C20H18FN3O2. The van der Waals surface area contributed by atoms with Gasteiger partial charge in [0.2, 0.25) is 5.91 Å². The standard InChI is InChI=1S/C20H18FN3O2/c21-17-9-5-4-8-16(17)12-19(25)22-10-11-24-14-23-18(13-20(24)26)15-6-2-1-3-7-15/h1-9,13-14H,10-12H2,(H,22,25). The van der Waals surface area contributed by atoms with E-state index in [1.165, 1.54) is 23.0 Å². The molecule has 0 fully saturated rings. The summed E-state index contributed by atoms with van der Waals surface area (Å²) in [5, 5.41) is 2.69. The van der Waals surface area contributed by atoms with E-state index in [1.807, 2.05) is 30.3 Å². The van der Waals surface area contributed by atoms with Gasteiger partial charge in [0, 0.05) is 24.7 Å². The second kappa shape index (κ2) is 8.20. The van der Waals surface area contributed by atoms with E-state index in [0.717, 1.165) is 5.56 Å². The molecule has 0 aliphatic heterocycles. The van der Waals surface area contributed by atoms with Crippen molar-refractivity contribution in [3.05, 3.63) is 88.7 Å². The predicted octanol–water partition coefficient (Wildman–Crippen LogP) is 2.41. The lowest BCUT2D eigenvalue weighted by Crippen LogP contribution is -2.31. The fraction of sp³-hybridized carbons (Fsp3) is 0.150. The molecule has 0 aliphatic carbocycles. The first-order valence-corrected chi connectivity index (χ1v) is 8.25. The lowest BCUT2D eigenvalue weighted by molar-refractivity contribution is -0.120. The highest BCUT2D eigenvalue weighted by molar-refractivity contribution is 5.78. The van der Waals surface area contributed by atoms with E-state index in [2.05, 4.69) is 10.3 Å². The lowest BCUT2D eigenvalue weighted by Gasteiger charge is -2.08. The van der Waals surface area contributed by atoms with Crippen LogP contribution in [-0.4, -0.2) is 22.0 Å². The Labute approximate surface area is 150 Å². The summed E-state index contributed by atoms with van der Waals surface area (Å²) in [5.74, 6) is -0.698. The summed E-state index contributed by atoms with van der Waals surface area (Å²) in [6.45, 7) is 0.559. The fourth-order valence-electron chi connectivity index (χ4n) is 2.55. The van der Waals surface area contributed by atoms with Gasteiger partial charge in [0.25, 0.3) is 5.56 Å². The highest BCUT2D eigenvalue weighted by atomic mass is 19.1. The maximum atomic E-state index is 13.5. The summed E-state index contributed by atoms with van der Waals surface area (Å²) in [4.78, 5) is 28.4. The van der Waals surface area contributed by atoms with Gasteiger partial charge in [0.05, 0.1) is 18.4 Å². The molecule has 0 unspecified atom stereocenters. The van der Waals surface area contributed by atoms with Gasteiger partial charge in [-0.1, -0.05) is 48.5 Å². The van der Waals surface area contributed by atoms with Crippen LogP contribution in [0.1, 0.15) is 5.56 Å². The second-order valence-electron chi connectivity index (χ2n) is 5.79. The summed E-state index contributed by atoms with van der Waals surface area (Å²) < 4.78 is 15.0. The summed E-state index contributed by atoms with van der Waals surface area (Å²) >= 11 is 0. The van der Waals surface area contributed by atoms with Crippen molar-refractivity contribution in [2.24, 2.45) is 0 Å². The van der Waals surface area contributed by atoms with E-state index in [0.29, 0.717) is 17.8 Å². The molecule has 3 rings (SSSR count). The number of aromatic nitrogens is 2. The van der Waals surface area contributed by atoms with Crippen LogP contribution in [0.2, 0.25) is 0 Å². The number of rotatable bonds is 6. The molecule has 1 heterocycles. The highest BCUT2D eigenvalue weighted by Gasteiger charge is 2.07. The molecule has 2 aromatic carbocycles. The summed E-state index contributed by atoms with van der Waals surface area (Å²) in [6.07, 6.45) is 1.43. The van der Waals surface area contributed by atoms with Crippen LogP contribution in [0.5, 0.6) is 0 Å². The normalized spacial score (nSPS) is 10.5. The minimum Gasteiger partial charge on any atom is -0.354 e. The van der Waals surface area contributed by atoms with Crippen molar-refractivity contribution in [1.82, 2.24) is 14.9 Å². The van der Waals surface area contributed by atoms with Gasteiger partial charge in [-0.15, -0.1) is 0 Å². The van der Waals surface area contributed by atoms with Gasteiger partial charge < -0.3 is 5.32 Å². The maximum Gasteiger partial charge on any atom is 0.253 e. The van der Waals surface area contributed by atoms with Crippen molar-refractivity contribution in [3.8, 4) is 11.3 Å². The van der Waals surface area contributed by atoms with Crippen molar-refractivity contribution in [3.63, 3.8) is 0 Å². The number of amides is 1. The Kier molecular flexibility index (Phi) is 5.53. The fourth-order valence-corrected chi connectivity index (χ4v) is 2.55. The highest BCUT2D eigenvalue weighted by Crippen LogP contribution is 2.13. The van der Waals surface area contributed by atoms with Crippen LogP contribution in [0, 0.1) is 5.82 Å². The number of hydrogen-bond donors (Lipinski definition) is 1. The number of benzene rings is 2. The third kappa shape index (κ3) is 4.42. The molecule has 1 N–H and O–H groups in total. The van der Waals surface area contributed by atoms with Crippen LogP contribution in [0.15, 0.2) is 71.8 Å². The zero-order valence-electron chi connectivity index (χ0n) is 14.1. The van der Waals surface area contributed by atoms with Crippen molar-refractivity contribution in [2.45, 2.75) is 13.0 Å². The summed E-state index contributed by atoms with van der Waals surface area (Å²) in [6, 6.07) is 17.1. The first-order valence-electron chi connectivity index (χ1n) is 8.25. The summed E-state index contributed by atoms with van der Waals surface area (Å²) in [7, 11) is 0. The molecule has 3 aromatic rings. The van der Waals surface area contributed by atoms with Gasteiger partial charge in [-0.3, -0.25) is 14.2 Å². The Morgan fingerprint density at radius 3 is 2.54 bits per heavy atom. The van der Waals surface area contributed by atoms with E-state index >= 15 is 0 Å². The smallest absolute Gasteiger partial charge is 0.253 e. The zero-order chi connectivity index (χ0) is 18.4. The Balaban J connectivity index is 1.56. The van der Waals surface area contributed by atoms with Crippen LogP contribution < -0.4 is 10.9 Å². The van der Waals surface area contributed by atoms with Crippen LogP contribution in [0.25, 0.3) is 11.3 Å². The summed E-state index contributed by atoms with van der Waals surface area (Å²) in [5.41, 5.74) is 1.63. The molecule has 0 saturated carbocycles. The number of carbonyl (C=O) groups is 1. The van der Waals surface area contributed by atoms with Gasteiger partial charge in [-0.2, -0.15) is 0 Å². The molecule has 5 nitrogen and oxygen atoms in total. The average molecular weight is 351 g/mol. The predicted molar refractivity (Wildman–Crippen MR) is 97.0 cm³/mol. The van der Waals surface area contributed by atoms with Gasteiger partial charge in [-0.25, -0.2) is 9.37 Å². The Bertz CT molecular complexity index is 955. The number of hydrogen-bond acceptors (Lipinski definition) is 3. The SMILES string of the molecule is O=C(Cc1ccccc1F)NCCn1cnc(-c2ccccc2)cc1=O. The lowest BCUT2D eigenvalue weighted by atomic mass is 10.1. The average Bonchev–Trinajstić information content (AvgIpc) is 2.65. The van der Waals surface area contributed by atoms with Gasteiger partial charge in [0.1, 0.15) is 5.82 Å². The van der Waals surface area contributed by atoms with E-state index < -0.39 is 5.82 Å². The molecule has 0 spiro atoms. The molecule has 1 aromatic heterocycles. The van der Waals surface area contributed by atoms with Gasteiger partial charge in [-0.05, 0) is 11.6 Å². The molecule has 0 radical (unpaired) electrons. The van der Waals surface area contributed by atoms with E-state index in [1.54, 1.807) is 18.2 Å². The Hall–Kier alpha value is -3.28. The van der Waals surface area contributed by atoms with E-state index in [4.69, 9.17) is 0 Å². The van der Waals surface area contributed by atoms with Gasteiger partial charge in [0.15, 0.2) is 0 Å². The van der Waals surface area contributed by atoms with Crippen molar-refractivity contribution >= 4 is 5.91 Å². The number of nitrogens with zero attached hydrogens (tertiary/aromatic N) is 2. The second-order valence-corrected chi connectivity index (χ2v) is 5.79. The number of halogens is 1. The zero-order valence-corrected chi connectivity index (χ0v) is 14.1.